The Bertz CT molecular complexity index is 843. The van der Waals surface area contributed by atoms with Gasteiger partial charge in [0.1, 0.15) is 6.54 Å². The maximum Gasteiger partial charge on any atom is 0.343 e. The summed E-state index contributed by atoms with van der Waals surface area (Å²) in [6.45, 7) is -0.154. The maximum absolute atomic E-state index is 12.3. The van der Waals surface area contributed by atoms with Crippen molar-refractivity contribution in [1.29, 1.82) is 0 Å². The van der Waals surface area contributed by atoms with E-state index >= 15 is 0 Å². The highest BCUT2D eigenvalue weighted by Crippen LogP contribution is 2.39. The molecule has 1 aromatic carbocycles. The minimum absolute atomic E-state index is 0.154. The second-order valence-corrected chi connectivity index (χ2v) is 6.55. The van der Waals surface area contributed by atoms with Crippen LogP contribution in [0.25, 0.3) is 10.4 Å². The summed E-state index contributed by atoms with van der Waals surface area (Å²) in [7, 11) is 0. The largest absolute Gasteiger partial charge is 0.343 e. The van der Waals surface area contributed by atoms with Crippen LogP contribution in [-0.4, -0.2) is 29.4 Å². The van der Waals surface area contributed by atoms with Crippen LogP contribution in [0.15, 0.2) is 30.3 Å². The predicted octanol–water partition coefficient (Wildman–Crippen LogP) is 1.71. The molecule has 0 saturated carbocycles. The molecule has 4 rings (SSSR count). The van der Waals surface area contributed by atoms with Crippen LogP contribution in [0, 0.1) is 0 Å². The highest BCUT2D eigenvalue weighted by atomic mass is 32.1. The number of rotatable bonds is 2. The van der Waals surface area contributed by atoms with Crippen LogP contribution in [0.5, 0.6) is 0 Å². The van der Waals surface area contributed by atoms with Gasteiger partial charge in [-0.15, -0.1) is 11.3 Å². The van der Waals surface area contributed by atoms with E-state index < -0.39 is 11.9 Å². The number of urea groups is 1. The molecule has 1 fully saturated rings. The van der Waals surface area contributed by atoms with Crippen molar-refractivity contribution in [3.63, 3.8) is 0 Å². The average molecular weight is 327 g/mol. The molecule has 1 aromatic heterocycles. The van der Waals surface area contributed by atoms with E-state index in [1.54, 1.807) is 0 Å². The van der Waals surface area contributed by atoms with Gasteiger partial charge in [0.25, 0.3) is 5.91 Å². The zero-order valence-electron chi connectivity index (χ0n) is 12.1. The summed E-state index contributed by atoms with van der Waals surface area (Å²) < 4.78 is 0. The van der Waals surface area contributed by atoms with E-state index in [1.807, 2.05) is 18.2 Å². The number of carbonyl (C=O) groups excluding carboxylic acids is 3. The zero-order chi connectivity index (χ0) is 16.0. The smallest absolute Gasteiger partial charge is 0.275 e. The normalized spacial score (nSPS) is 15.9. The minimum atomic E-state index is -0.602. The monoisotopic (exact) mass is 327 g/mol. The Balaban J connectivity index is 1.60. The number of carbonyl (C=O) groups is 3. The summed E-state index contributed by atoms with van der Waals surface area (Å²) in [5.74, 6) is -0.790. The molecular weight excluding hydrogens is 314 g/mol. The van der Waals surface area contributed by atoms with Gasteiger partial charge in [0, 0.05) is 4.88 Å². The third-order valence-corrected chi connectivity index (χ3v) is 5.20. The minimum Gasteiger partial charge on any atom is -0.275 e. The number of hydrogen-bond acceptors (Lipinski definition) is 4. The number of hydrazine groups is 1. The van der Waals surface area contributed by atoms with Crippen molar-refractivity contribution < 1.29 is 14.4 Å². The molecule has 2 heterocycles. The number of nitrogens with zero attached hydrogens (tertiary/aromatic N) is 1. The lowest BCUT2D eigenvalue weighted by Crippen LogP contribution is -2.43. The van der Waals surface area contributed by atoms with E-state index in [2.05, 4.69) is 22.9 Å². The van der Waals surface area contributed by atoms with E-state index in [0.717, 1.165) is 28.3 Å². The molecule has 0 unspecified atom stereocenters. The van der Waals surface area contributed by atoms with Gasteiger partial charge in [-0.1, -0.05) is 24.3 Å². The first-order valence-corrected chi connectivity index (χ1v) is 8.07. The van der Waals surface area contributed by atoms with Crippen molar-refractivity contribution in [2.45, 2.75) is 12.8 Å². The molecule has 2 aromatic rings. The van der Waals surface area contributed by atoms with Crippen molar-refractivity contribution >= 4 is 29.2 Å². The van der Waals surface area contributed by atoms with E-state index in [-0.39, 0.29) is 12.5 Å². The van der Waals surface area contributed by atoms with Gasteiger partial charge in [-0.25, -0.2) is 9.80 Å². The van der Waals surface area contributed by atoms with Crippen LogP contribution < -0.4 is 10.7 Å². The number of thiophene rings is 1. The van der Waals surface area contributed by atoms with Crippen molar-refractivity contribution in [1.82, 2.24) is 15.8 Å². The Morgan fingerprint density at radius 2 is 1.96 bits per heavy atom. The van der Waals surface area contributed by atoms with Gasteiger partial charge >= 0.3 is 6.03 Å². The van der Waals surface area contributed by atoms with Gasteiger partial charge < -0.3 is 0 Å². The number of benzene rings is 1. The fourth-order valence-electron chi connectivity index (χ4n) is 2.89. The SMILES string of the molecule is O=C1CN(NC(=O)c2cc3c(s2)-c2ccccc2CC3)C(=O)N1. The number of nitrogens with one attached hydrogen (secondary N) is 2. The topological polar surface area (TPSA) is 78.5 Å². The molecule has 4 amide bonds. The molecule has 7 heteroatoms. The molecule has 116 valence electrons. The van der Waals surface area contributed by atoms with Gasteiger partial charge in [-0.05, 0) is 35.6 Å². The van der Waals surface area contributed by atoms with Gasteiger partial charge in [0.05, 0.1) is 4.88 Å². The molecule has 0 bridgehead atoms. The number of fused-ring (bicyclic) bond motifs is 3. The molecule has 0 atom stereocenters. The molecule has 2 aliphatic rings. The van der Waals surface area contributed by atoms with Crippen molar-refractivity contribution in [3.8, 4) is 10.4 Å². The Morgan fingerprint density at radius 1 is 1.17 bits per heavy atom. The van der Waals surface area contributed by atoms with Gasteiger partial charge in [0.15, 0.2) is 0 Å². The molecule has 1 saturated heterocycles. The van der Waals surface area contributed by atoms with Crippen molar-refractivity contribution in [2.75, 3.05) is 6.54 Å². The summed E-state index contributed by atoms with van der Waals surface area (Å²) in [6, 6.07) is 9.47. The molecule has 6 nitrogen and oxygen atoms in total. The number of imide groups is 1. The fraction of sp³-hybridized carbons (Fsp3) is 0.188. The van der Waals surface area contributed by atoms with Crippen LogP contribution in [0.2, 0.25) is 0 Å². The summed E-state index contributed by atoms with van der Waals surface area (Å²) in [5, 5.41) is 3.12. The summed E-state index contributed by atoms with van der Waals surface area (Å²) >= 11 is 1.42. The van der Waals surface area contributed by atoms with Crippen LogP contribution in [0.1, 0.15) is 20.8 Å². The second kappa shape index (κ2) is 5.20. The van der Waals surface area contributed by atoms with E-state index in [1.165, 1.54) is 22.5 Å². The Kier molecular flexibility index (Phi) is 3.16. The molecule has 0 spiro atoms. The lowest BCUT2D eigenvalue weighted by atomic mass is 9.91. The van der Waals surface area contributed by atoms with E-state index in [9.17, 15) is 14.4 Å². The summed E-state index contributed by atoms with van der Waals surface area (Å²) in [6.07, 6.45) is 1.86. The number of amides is 4. The molecule has 2 N–H and O–H groups in total. The fourth-order valence-corrected chi connectivity index (χ4v) is 4.05. The molecule has 0 radical (unpaired) electrons. The maximum atomic E-state index is 12.3. The van der Waals surface area contributed by atoms with Gasteiger partial charge in [-0.2, -0.15) is 0 Å². The number of hydrogen-bond donors (Lipinski definition) is 2. The van der Waals surface area contributed by atoms with Gasteiger partial charge in [0.2, 0.25) is 5.91 Å². The predicted molar refractivity (Wildman–Crippen MR) is 84.9 cm³/mol. The third kappa shape index (κ3) is 2.39. The average Bonchev–Trinajstić information content (AvgIpc) is 3.11. The first-order valence-electron chi connectivity index (χ1n) is 7.25. The number of aryl methyl sites for hydroxylation is 2. The Hall–Kier alpha value is -2.67. The first-order chi connectivity index (χ1) is 11.1. The molecule has 1 aliphatic carbocycles. The van der Waals surface area contributed by atoms with Crippen LogP contribution in [0.4, 0.5) is 4.79 Å². The molecule has 1 aliphatic heterocycles. The quantitative estimate of drug-likeness (QED) is 0.824. The van der Waals surface area contributed by atoms with Crippen LogP contribution in [0.3, 0.4) is 0 Å². The zero-order valence-corrected chi connectivity index (χ0v) is 12.9. The van der Waals surface area contributed by atoms with E-state index in [0.29, 0.717) is 4.88 Å². The van der Waals surface area contributed by atoms with Crippen LogP contribution in [-0.2, 0) is 17.6 Å². The molecule has 23 heavy (non-hydrogen) atoms. The highest BCUT2D eigenvalue weighted by Gasteiger charge is 2.29. The highest BCUT2D eigenvalue weighted by molar-refractivity contribution is 7.17. The lowest BCUT2D eigenvalue weighted by molar-refractivity contribution is -0.118. The third-order valence-electron chi connectivity index (χ3n) is 3.99. The summed E-state index contributed by atoms with van der Waals surface area (Å²) in [5.41, 5.74) is 6.10. The standard InChI is InChI=1S/C16H13N3O3S/c20-13-8-19(16(22)17-13)18-15(21)12-7-10-6-5-9-3-1-2-4-11(9)14(10)23-12/h1-4,7H,5-6,8H2,(H,18,21)(H,17,20,22). The summed E-state index contributed by atoms with van der Waals surface area (Å²) in [4.78, 5) is 36.6. The van der Waals surface area contributed by atoms with Gasteiger partial charge in [-0.3, -0.25) is 20.3 Å². The molecular formula is C16H13N3O3S. The Labute approximate surface area is 136 Å². The van der Waals surface area contributed by atoms with Crippen LogP contribution >= 0.6 is 11.3 Å². The lowest BCUT2D eigenvalue weighted by Gasteiger charge is -2.15. The first kappa shape index (κ1) is 14.0. The second-order valence-electron chi connectivity index (χ2n) is 5.50. The van der Waals surface area contributed by atoms with Crippen molar-refractivity contribution in [2.24, 2.45) is 0 Å². The van der Waals surface area contributed by atoms with Crippen molar-refractivity contribution in [3.05, 3.63) is 46.3 Å². The Morgan fingerprint density at radius 3 is 2.74 bits per heavy atom. The van der Waals surface area contributed by atoms with E-state index in [4.69, 9.17) is 0 Å².